The van der Waals surface area contributed by atoms with Gasteiger partial charge in [-0.25, -0.2) is 0 Å². The zero-order valence-electron chi connectivity index (χ0n) is 19.2. The lowest BCUT2D eigenvalue weighted by Crippen LogP contribution is -2.39. The minimum absolute atomic E-state index is 0.0124. The molecule has 2 heterocycles. The number of carboxylic acids is 1. The molecule has 0 aliphatic carbocycles. The van der Waals surface area contributed by atoms with Crippen LogP contribution in [0.1, 0.15) is 36.4 Å². The largest absolute Gasteiger partial charge is 0.497 e. The first-order chi connectivity index (χ1) is 15.9. The summed E-state index contributed by atoms with van der Waals surface area (Å²) in [5.74, 6) is -1.18. The second kappa shape index (κ2) is 9.67. The molecule has 0 radical (unpaired) electrons. The third-order valence-electron chi connectivity index (χ3n) is 6.57. The van der Waals surface area contributed by atoms with E-state index in [-0.39, 0.29) is 18.4 Å². The van der Waals surface area contributed by atoms with E-state index in [1.54, 1.807) is 25.3 Å². The van der Waals surface area contributed by atoms with Crippen LogP contribution in [0.5, 0.6) is 5.75 Å². The van der Waals surface area contributed by atoms with E-state index in [1.165, 1.54) is 0 Å². The minimum atomic E-state index is -0.878. The summed E-state index contributed by atoms with van der Waals surface area (Å²) < 4.78 is 10.8. The van der Waals surface area contributed by atoms with Gasteiger partial charge in [0.15, 0.2) is 0 Å². The van der Waals surface area contributed by atoms with E-state index in [1.807, 2.05) is 60.4 Å². The SMILES string of the molecule is CCCN(C)C(=O)CN1C[C@H](c2ccc3ccoc3c2)[C@@H](C(=O)O)[C@@H]1c1ccc(OC)cc1. The van der Waals surface area contributed by atoms with E-state index < -0.39 is 17.9 Å². The van der Waals surface area contributed by atoms with Crippen LogP contribution < -0.4 is 4.74 Å². The molecule has 7 nitrogen and oxygen atoms in total. The van der Waals surface area contributed by atoms with E-state index in [0.717, 1.165) is 28.5 Å². The van der Waals surface area contributed by atoms with Gasteiger partial charge in [-0.05, 0) is 41.8 Å². The van der Waals surface area contributed by atoms with Crippen molar-refractivity contribution < 1.29 is 23.8 Å². The molecule has 0 spiro atoms. The molecule has 1 saturated heterocycles. The predicted octanol–water partition coefficient (Wildman–Crippen LogP) is 4.15. The van der Waals surface area contributed by atoms with Crippen LogP contribution in [-0.2, 0) is 9.59 Å². The van der Waals surface area contributed by atoms with Gasteiger partial charge < -0.3 is 19.2 Å². The highest BCUT2D eigenvalue weighted by Crippen LogP contribution is 2.46. The van der Waals surface area contributed by atoms with Gasteiger partial charge in [0.1, 0.15) is 11.3 Å². The Balaban J connectivity index is 1.73. The van der Waals surface area contributed by atoms with Crippen molar-refractivity contribution in [3.8, 4) is 5.75 Å². The fourth-order valence-corrected chi connectivity index (χ4v) is 4.89. The Labute approximate surface area is 193 Å². The Kier molecular flexibility index (Phi) is 6.70. The number of benzene rings is 2. The van der Waals surface area contributed by atoms with Gasteiger partial charge in [-0.2, -0.15) is 0 Å². The van der Waals surface area contributed by atoms with Crippen molar-refractivity contribution in [3.05, 3.63) is 65.9 Å². The van der Waals surface area contributed by atoms with Crippen LogP contribution >= 0.6 is 0 Å². The number of amides is 1. The van der Waals surface area contributed by atoms with Gasteiger partial charge >= 0.3 is 5.97 Å². The van der Waals surface area contributed by atoms with Crippen molar-refractivity contribution in [1.29, 1.82) is 0 Å². The maximum Gasteiger partial charge on any atom is 0.309 e. The molecule has 3 aromatic rings. The topological polar surface area (TPSA) is 83.2 Å². The number of hydrogen-bond acceptors (Lipinski definition) is 5. The number of methoxy groups -OCH3 is 1. The Morgan fingerprint density at radius 2 is 1.88 bits per heavy atom. The number of ether oxygens (including phenoxy) is 1. The molecule has 3 atom stereocenters. The van der Waals surface area contributed by atoms with Crippen molar-refractivity contribution in [1.82, 2.24) is 9.80 Å². The highest BCUT2D eigenvalue weighted by Gasteiger charge is 2.48. The molecule has 0 unspecified atom stereocenters. The van der Waals surface area contributed by atoms with E-state index >= 15 is 0 Å². The Morgan fingerprint density at radius 3 is 2.55 bits per heavy atom. The smallest absolute Gasteiger partial charge is 0.309 e. The standard InChI is InChI=1S/C26H30N2O5/c1-4-12-27(2)23(29)16-28-15-21(19-6-5-17-11-13-33-22(17)14-19)24(26(30)31)25(28)18-7-9-20(32-3)10-8-18/h5-11,13-14,21,24-25H,4,12,15-16H2,1-3H3,(H,30,31)/t21-,24-,25+/m1/s1. The predicted molar refractivity (Wildman–Crippen MR) is 125 cm³/mol. The monoisotopic (exact) mass is 450 g/mol. The lowest BCUT2D eigenvalue weighted by Gasteiger charge is -2.28. The van der Waals surface area contributed by atoms with Crippen molar-refractivity contribution in [3.63, 3.8) is 0 Å². The number of likely N-dealkylation sites (tertiary alicyclic amines) is 1. The van der Waals surface area contributed by atoms with Gasteiger partial charge in [0.25, 0.3) is 0 Å². The number of likely N-dealkylation sites (N-methyl/N-ethyl adjacent to an activating group) is 1. The molecule has 33 heavy (non-hydrogen) atoms. The number of fused-ring (bicyclic) bond motifs is 1. The normalized spacial score (nSPS) is 20.8. The molecule has 4 rings (SSSR count). The van der Waals surface area contributed by atoms with Crippen LogP contribution in [0.2, 0.25) is 0 Å². The highest BCUT2D eigenvalue weighted by molar-refractivity contribution is 5.80. The third-order valence-corrected chi connectivity index (χ3v) is 6.57. The summed E-state index contributed by atoms with van der Waals surface area (Å²) in [6.07, 6.45) is 2.50. The molecule has 174 valence electrons. The molecule has 0 bridgehead atoms. The van der Waals surface area contributed by atoms with Crippen LogP contribution in [0.15, 0.2) is 59.2 Å². The van der Waals surface area contributed by atoms with Gasteiger partial charge in [0, 0.05) is 37.5 Å². The van der Waals surface area contributed by atoms with Gasteiger partial charge in [0.05, 0.1) is 25.8 Å². The summed E-state index contributed by atoms with van der Waals surface area (Å²) in [5.41, 5.74) is 2.49. The molecule has 1 fully saturated rings. The molecule has 1 aliphatic heterocycles. The van der Waals surface area contributed by atoms with Crippen LogP contribution in [0.3, 0.4) is 0 Å². The maximum absolute atomic E-state index is 12.9. The number of aliphatic carboxylic acids is 1. The van der Waals surface area contributed by atoms with Gasteiger partial charge in [-0.3, -0.25) is 14.5 Å². The van der Waals surface area contributed by atoms with Crippen molar-refractivity contribution in [2.24, 2.45) is 5.92 Å². The van der Waals surface area contributed by atoms with E-state index in [2.05, 4.69) is 0 Å². The van der Waals surface area contributed by atoms with Crippen LogP contribution in [-0.4, -0.2) is 60.6 Å². The molecule has 1 amide bonds. The number of furan rings is 1. The zero-order chi connectivity index (χ0) is 23.5. The molecule has 1 aliphatic rings. The highest BCUT2D eigenvalue weighted by atomic mass is 16.5. The van der Waals surface area contributed by atoms with E-state index in [0.29, 0.717) is 18.8 Å². The second-order valence-corrected chi connectivity index (χ2v) is 8.65. The average Bonchev–Trinajstić information content (AvgIpc) is 3.43. The average molecular weight is 451 g/mol. The lowest BCUT2D eigenvalue weighted by molar-refractivity contribution is -0.143. The molecular formula is C26H30N2O5. The zero-order valence-corrected chi connectivity index (χ0v) is 19.2. The molecule has 1 N–H and O–H groups in total. The Hall–Kier alpha value is -3.32. The fourth-order valence-electron chi connectivity index (χ4n) is 4.89. The molecular weight excluding hydrogens is 420 g/mol. The first-order valence-corrected chi connectivity index (χ1v) is 11.2. The summed E-state index contributed by atoms with van der Waals surface area (Å²) in [6.45, 7) is 3.32. The van der Waals surface area contributed by atoms with Crippen molar-refractivity contribution in [2.45, 2.75) is 25.3 Å². The van der Waals surface area contributed by atoms with Gasteiger partial charge in [-0.15, -0.1) is 0 Å². The summed E-state index contributed by atoms with van der Waals surface area (Å²) in [7, 11) is 3.39. The maximum atomic E-state index is 12.9. The number of carboxylic acid groups (broad SMARTS) is 1. The quantitative estimate of drug-likeness (QED) is 0.555. The van der Waals surface area contributed by atoms with Crippen molar-refractivity contribution in [2.75, 3.05) is 33.8 Å². The molecule has 2 aromatic carbocycles. The van der Waals surface area contributed by atoms with Gasteiger partial charge in [-0.1, -0.05) is 31.2 Å². The minimum Gasteiger partial charge on any atom is -0.497 e. The van der Waals surface area contributed by atoms with Crippen LogP contribution in [0, 0.1) is 5.92 Å². The number of carbonyl (C=O) groups excluding carboxylic acids is 1. The lowest BCUT2D eigenvalue weighted by atomic mass is 9.82. The number of rotatable bonds is 8. The number of nitrogens with zero attached hydrogens (tertiary/aromatic N) is 2. The van der Waals surface area contributed by atoms with Crippen LogP contribution in [0.25, 0.3) is 11.0 Å². The summed E-state index contributed by atoms with van der Waals surface area (Å²) >= 11 is 0. The Bertz CT molecular complexity index is 1120. The molecule has 1 aromatic heterocycles. The number of hydrogen-bond donors (Lipinski definition) is 1. The second-order valence-electron chi connectivity index (χ2n) is 8.65. The van der Waals surface area contributed by atoms with E-state index in [4.69, 9.17) is 9.15 Å². The third kappa shape index (κ3) is 4.59. The Morgan fingerprint density at radius 1 is 1.15 bits per heavy atom. The first-order valence-electron chi connectivity index (χ1n) is 11.2. The summed E-state index contributed by atoms with van der Waals surface area (Å²) in [4.78, 5) is 29.2. The number of carbonyl (C=O) groups is 2. The van der Waals surface area contributed by atoms with Crippen molar-refractivity contribution >= 4 is 22.8 Å². The molecule has 7 heteroatoms. The van der Waals surface area contributed by atoms with Gasteiger partial charge in [0.2, 0.25) is 5.91 Å². The fraction of sp³-hybridized carbons (Fsp3) is 0.385. The summed E-state index contributed by atoms with van der Waals surface area (Å²) in [6, 6.07) is 14.8. The molecule has 0 saturated carbocycles. The summed E-state index contributed by atoms with van der Waals surface area (Å²) in [5, 5.41) is 11.3. The van der Waals surface area contributed by atoms with Crippen LogP contribution in [0.4, 0.5) is 0 Å². The first kappa shape index (κ1) is 22.9. The van der Waals surface area contributed by atoms with E-state index in [9.17, 15) is 14.7 Å².